The second kappa shape index (κ2) is 11.7. The van der Waals surface area contributed by atoms with Gasteiger partial charge in [0.15, 0.2) is 0 Å². The van der Waals surface area contributed by atoms with Crippen LogP contribution in [0.2, 0.25) is 0 Å². The van der Waals surface area contributed by atoms with Gasteiger partial charge in [-0.2, -0.15) is 0 Å². The highest BCUT2D eigenvalue weighted by molar-refractivity contribution is 7.25. The van der Waals surface area contributed by atoms with E-state index in [2.05, 4.69) is 193 Å². The van der Waals surface area contributed by atoms with E-state index >= 15 is 0 Å². The number of anilines is 3. The summed E-state index contributed by atoms with van der Waals surface area (Å²) in [6, 6.07) is 68.8. The summed E-state index contributed by atoms with van der Waals surface area (Å²) in [5, 5.41) is 10.2. The van der Waals surface area contributed by atoms with Crippen LogP contribution < -0.4 is 4.90 Å². The van der Waals surface area contributed by atoms with E-state index in [0.717, 1.165) is 17.1 Å². The van der Waals surface area contributed by atoms with Crippen molar-refractivity contribution in [1.29, 1.82) is 0 Å². The number of rotatable bonds is 5. The Bertz CT molecular complexity index is 2870. The van der Waals surface area contributed by atoms with E-state index in [1.165, 1.54) is 74.7 Å². The monoisotopic (exact) mass is 653 g/mol. The zero-order chi connectivity index (χ0) is 33.0. The Kier molecular flexibility index (Phi) is 6.75. The lowest BCUT2D eigenvalue weighted by molar-refractivity contribution is 1.29. The fourth-order valence-corrected chi connectivity index (χ4v) is 8.81. The Morgan fingerprint density at radius 3 is 1.78 bits per heavy atom. The van der Waals surface area contributed by atoms with Crippen molar-refractivity contribution < 1.29 is 0 Å². The molecule has 0 spiro atoms. The molecule has 2 heteroatoms. The molecule has 0 amide bonds. The molecule has 0 aliphatic carbocycles. The maximum absolute atomic E-state index is 2.40. The summed E-state index contributed by atoms with van der Waals surface area (Å²) >= 11 is 1.86. The average Bonchev–Trinajstić information content (AvgIpc) is 3.56. The molecule has 0 fully saturated rings. The molecule has 0 saturated carbocycles. The minimum absolute atomic E-state index is 1.12. The summed E-state index contributed by atoms with van der Waals surface area (Å²) in [7, 11) is 0. The molecular formula is C48H31NS. The van der Waals surface area contributed by atoms with Crippen LogP contribution in [0.15, 0.2) is 188 Å². The molecule has 0 N–H and O–H groups in total. The SMILES string of the molecule is c1cc(-c2cccc3ccccc23)cc(N(c2ccc(-c3cc4ccccc4c4ccccc34)cc2)c2ccc3c(c2)sc2ccccc23)c1. The number of hydrogen-bond donors (Lipinski definition) is 0. The van der Waals surface area contributed by atoms with Gasteiger partial charge >= 0.3 is 0 Å². The third-order valence-electron chi connectivity index (χ3n) is 10.0. The molecule has 1 heterocycles. The second-order valence-electron chi connectivity index (χ2n) is 12.9. The molecule has 0 saturated heterocycles. The van der Waals surface area contributed by atoms with Crippen LogP contribution in [0, 0.1) is 0 Å². The van der Waals surface area contributed by atoms with Crippen LogP contribution in [0.4, 0.5) is 17.1 Å². The molecule has 234 valence electrons. The number of nitrogens with zero attached hydrogens (tertiary/aromatic N) is 1. The highest BCUT2D eigenvalue weighted by atomic mass is 32.1. The summed E-state index contributed by atoms with van der Waals surface area (Å²) in [4.78, 5) is 2.40. The molecule has 0 bridgehead atoms. The quantitative estimate of drug-likeness (QED) is 0.167. The standard InChI is InChI=1S/C48H31NS/c1-3-16-39-32(11-1)13-10-21-40(39)34-14-9-15-37(29-34)49(38-27-28-45-44-20-7-8-22-47(44)50-48(45)31-38)36-25-23-33(24-26-36)46-30-35-12-2-4-17-41(35)42-18-5-6-19-43(42)46/h1-31H. The molecule has 10 rings (SSSR count). The van der Waals surface area contributed by atoms with E-state index in [9.17, 15) is 0 Å². The van der Waals surface area contributed by atoms with Crippen LogP contribution in [0.25, 0.3) is 74.7 Å². The number of thiophene rings is 1. The van der Waals surface area contributed by atoms with Crippen LogP contribution in [0.5, 0.6) is 0 Å². The average molecular weight is 654 g/mol. The lowest BCUT2D eigenvalue weighted by atomic mass is 9.93. The van der Waals surface area contributed by atoms with Crippen molar-refractivity contribution in [3.8, 4) is 22.3 Å². The van der Waals surface area contributed by atoms with Gasteiger partial charge in [-0.3, -0.25) is 0 Å². The van der Waals surface area contributed by atoms with E-state index in [1.807, 2.05) is 11.3 Å². The van der Waals surface area contributed by atoms with Crippen molar-refractivity contribution in [3.05, 3.63) is 188 Å². The third kappa shape index (κ3) is 4.76. The normalized spacial score (nSPS) is 11.6. The van der Waals surface area contributed by atoms with Crippen molar-refractivity contribution in [3.63, 3.8) is 0 Å². The van der Waals surface area contributed by atoms with Crippen molar-refractivity contribution in [2.45, 2.75) is 0 Å². The first-order valence-corrected chi connectivity index (χ1v) is 17.9. The van der Waals surface area contributed by atoms with Crippen LogP contribution in [-0.4, -0.2) is 0 Å². The lowest BCUT2D eigenvalue weighted by Crippen LogP contribution is -2.10. The fraction of sp³-hybridized carbons (Fsp3) is 0. The Labute approximate surface area is 294 Å². The molecule has 50 heavy (non-hydrogen) atoms. The van der Waals surface area contributed by atoms with Gasteiger partial charge in [0.25, 0.3) is 0 Å². The Hall–Kier alpha value is -6.22. The van der Waals surface area contributed by atoms with Crippen LogP contribution in [0.3, 0.4) is 0 Å². The Morgan fingerprint density at radius 1 is 0.300 bits per heavy atom. The van der Waals surface area contributed by atoms with Crippen molar-refractivity contribution >= 4 is 80.9 Å². The minimum Gasteiger partial charge on any atom is -0.310 e. The van der Waals surface area contributed by atoms with Gasteiger partial charge < -0.3 is 4.90 Å². The van der Waals surface area contributed by atoms with Gasteiger partial charge in [0, 0.05) is 37.2 Å². The van der Waals surface area contributed by atoms with Gasteiger partial charge in [-0.1, -0.05) is 140 Å². The molecule has 0 radical (unpaired) electrons. The van der Waals surface area contributed by atoms with Gasteiger partial charge in [0.05, 0.1) is 0 Å². The summed E-state index contributed by atoms with van der Waals surface area (Å²) < 4.78 is 2.61. The smallest absolute Gasteiger partial charge is 0.0476 e. The third-order valence-corrected chi connectivity index (χ3v) is 11.2. The van der Waals surface area contributed by atoms with Crippen molar-refractivity contribution in [2.75, 3.05) is 4.90 Å². The largest absolute Gasteiger partial charge is 0.310 e. The molecule has 0 aliphatic rings. The first kappa shape index (κ1) is 28.8. The highest BCUT2D eigenvalue weighted by Gasteiger charge is 2.17. The summed E-state index contributed by atoms with van der Waals surface area (Å²) in [6.07, 6.45) is 0. The zero-order valence-electron chi connectivity index (χ0n) is 27.3. The van der Waals surface area contributed by atoms with E-state index in [0.29, 0.717) is 0 Å². The van der Waals surface area contributed by atoms with Crippen LogP contribution in [-0.2, 0) is 0 Å². The van der Waals surface area contributed by atoms with E-state index in [4.69, 9.17) is 0 Å². The molecule has 10 aromatic rings. The number of hydrogen-bond acceptors (Lipinski definition) is 2. The van der Waals surface area contributed by atoms with Crippen LogP contribution in [0.1, 0.15) is 0 Å². The molecule has 0 unspecified atom stereocenters. The predicted octanol–water partition coefficient (Wildman–Crippen LogP) is 14.3. The van der Waals surface area contributed by atoms with Crippen molar-refractivity contribution in [1.82, 2.24) is 0 Å². The topological polar surface area (TPSA) is 3.24 Å². The number of benzene rings is 9. The maximum atomic E-state index is 2.40. The number of fused-ring (bicyclic) bond motifs is 7. The summed E-state index contributed by atoms with van der Waals surface area (Å²) in [5.41, 5.74) is 8.29. The van der Waals surface area contributed by atoms with E-state index in [1.54, 1.807) is 0 Å². The first-order chi connectivity index (χ1) is 24.8. The highest BCUT2D eigenvalue weighted by Crippen LogP contribution is 2.43. The molecule has 1 nitrogen and oxygen atoms in total. The Morgan fingerprint density at radius 2 is 0.920 bits per heavy atom. The van der Waals surface area contributed by atoms with Crippen molar-refractivity contribution in [2.24, 2.45) is 0 Å². The maximum Gasteiger partial charge on any atom is 0.0476 e. The molecule has 1 aromatic heterocycles. The summed E-state index contributed by atoms with van der Waals surface area (Å²) in [5.74, 6) is 0. The molecule has 0 atom stereocenters. The van der Waals surface area contributed by atoms with Gasteiger partial charge in [-0.25, -0.2) is 0 Å². The predicted molar refractivity (Wildman–Crippen MR) is 217 cm³/mol. The van der Waals surface area contributed by atoms with E-state index < -0.39 is 0 Å². The van der Waals surface area contributed by atoms with Gasteiger partial charge in [0.1, 0.15) is 0 Å². The Balaban J connectivity index is 1.14. The lowest BCUT2D eigenvalue weighted by Gasteiger charge is -2.26. The second-order valence-corrected chi connectivity index (χ2v) is 14.0. The fourth-order valence-electron chi connectivity index (χ4n) is 7.67. The zero-order valence-corrected chi connectivity index (χ0v) is 28.1. The van der Waals surface area contributed by atoms with Gasteiger partial charge in [-0.05, 0) is 103 Å². The van der Waals surface area contributed by atoms with E-state index in [-0.39, 0.29) is 0 Å². The minimum atomic E-state index is 1.12. The summed E-state index contributed by atoms with van der Waals surface area (Å²) in [6.45, 7) is 0. The molecule has 0 aliphatic heterocycles. The van der Waals surface area contributed by atoms with Gasteiger partial charge in [0.2, 0.25) is 0 Å². The first-order valence-electron chi connectivity index (χ1n) is 17.1. The van der Waals surface area contributed by atoms with Gasteiger partial charge in [-0.15, -0.1) is 11.3 Å². The molecular weight excluding hydrogens is 623 g/mol. The van der Waals surface area contributed by atoms with Crippen LogP contribution >= 0.6 is 11.3 Å². The molecule has 9 aromatic carbocycles.